The molecule has 0 saturated heterocycles. The van der Waals surface area contributed by atoms with Crippen LogP contribution in [0, 0.1) is 0 Å². The molecule has 0 heterocycles. The van der Waals surface area contributed by atoms with Crippen LogP contribution in [-0.2, 0) is 10.8 Å². The van der Waals surface area contributed by atoms with E-state index in [1.165, 1.54) is 114 Å². The minimum atomic E-state index is -0.346. The molecule has 224 valence electrons. The SMILES string of the molecule is c1ccc2c(c1)-c1ccccc1C21c2ccccc2-c2cc3c(cc21)-c1ccc(C2CCC2)cc1C31c2ccccc2-c2ccccc21. The fraction of sp³-hybridized carbons (Fsp3) is 0.125. The fourth-order valence-corrected chi connectivity index (χ4v) is 10.7. The second kappa shape index (κ2) is 8.71. The van der Waals surface area contributed by atoms with Crippen molar-refractivity contribution in [1.82, 2.24) is 0 Å². The minimum absolute atomic E-state index is 0.344. The van der Waals surface area contributed by atoms with E-state index in [2.05, 4.69) is 152 Å². The van der Waals surface area contributed by atoms with E-state index in [-0.39, 0.29) is 10.8 Å². The van der Waals surface area contributed by atoms with E-state index >= 15 is 0 Å². The summed E-state index contributed by atoms with van der Waals surface area (Å²) >= 11 is 0. The summed E-state index contributed by atoms with van der Waals surface area (Å²) in [6.45, 7) is 0. The van der Waals surface area contributed by atoms with Gasteiger partial charge in [0.25, 0.3) is 0 Å². The minimum Gasteiger partial charge on any atom is -0.0619 e. The molecule has 7 aromatic carbocycles. The van der Waals surface area contributed by atoms with Gasteiger partial charge in [-0.3, -0.25) is 0 Å². The summed E-state index contributed by atoms with van der Waals surface area (Å²) in [5.74, 6) is 0.676. The molecule has 0 amide bonds. The molecule has 0 aliphatic heterocycles. The van der Waals surface area contributed by atoms with Gasteiger partial charge in [0.15, 0.2) is 0 Å². The highest BCUT2D eigenvalue weighted by Crippen LogP contribution is 2.68. The normalized spacial score (nSPS) is 17.2. The number of hydrogen-bond acceptors (Lipinski definition) is 0. The Balaban J connectivity index is 1.25. The van der Waals surface area contributed by atoms with Crippen LogP contribution in [0.25, 0.3) is 44.5 Å². The molecular formula is C48H32. The third kappa shape index (κ3) is 2.72. The Morgan fingerprint density at radius 2 is 0.646 bits per heavy atom. The van der Waals surface area contributed by atoms with Crippen LogP contribution in [0.5, 0.6) is 0 Å². The van der Waals surface area contributed by atoms with Crippen molar-refractivity contribution in [3.63, 3.8) is 0 Å². The van der Waals surface area contributed by atoms with Crippen molar-refractivity contribution in [3.8, 4) is 44.5 Å². The first kappa shape index (κ1) is 25.6. The molecule has 0 atom stereocenters. The average Bonchev–Trinajstić information content (AvgIpc) is 3.79. The maximum Gasteiger partial charge on any atom is 0.0725 e. The fourth-order valence-electron chi connectivity index (χ4n) is 10.7. The summed E-state index contributed by atoms with van der Waals surface area (Å²) in [5, 5.41) is 0. The summed E-state index contributed by atoms with van der Waals surface area (Å²) in [5.41, 5.74) is 23.2. The molecule has 0 radical (unpaired) electrons. The van der Waals surface area contributed by atoms with Crippen LogP contribution < -0.4 is 0 Å². The lowest BCUT2D eigenvalue weighted by Crippen LogP contribution is -2.27. The van der Waals surface area contributed by atoms with Crippen LogP contribution in [0.4, 0.5) is 0 Å². The molecule has 5 aliphatic carbocycles. The summed E-state index contributed by atoms with van der Waals surface area (Å²) in [4.78, 5) is 0. The third-order valence-electron chi connectivity index (χ3n) is 12.8. The quantitative estimate of drug-likeness (QED) is 0.174. The zero-order valence-electron chi connectivity index (χ0n) is 26.6. The number of rotatable bonds is 1. The second-order valence-corrected chi connectivity index (χ2v) is 14.6. The molecule has 0 unspecified atom stereocenters. The molecule has 5 aliphatic rings. The summed E-state index contributed by atoms with van der Waals surface area (Å²) < 4.78 is 0. The molecule has 0 aromatic heterocycles. The Kier molecular flexibility index (Phi) is 4.65. The van der Waals surface area contributed by atoms with Gasteiger partial charge in [0.2, 0.25) is 0 Å². The summed E-state index contributed by atoms with van der Waals surface area (Å²) in [6.07, 6.45) is 3.95. The highest BCUT2D eigenvalue weighted by Gasteiger charge is 2.56. The molecule has 48 heavy (non-hydrogen) atoms. The van der Waals surface area contributed by atoms with Crippen LogP contribution in [0.3, 0.4) is 0 Å². The van der Waals surface area contributed by atoms with Gasteiger partial charge in [0.1, 0.15) is 0 Å². The number of benzene rings is 7. The highest BCUT2D eigenvalue weighted by atomic mass is 14.6. The Hall–Kier alpha value is -5.46. The monoisotopic (exact) mass is 608 g/mol. The molecule has 0 nitrogen and oxygen atoms in total. The van der Waals surface area contributed by atoms with E-state index in [0.717, 1.165) is 0 Å². The lowest BCUT2D eigenvalue weighted by Gasteiger charge is -2.33. The number of hydrogen-bond donors (Lipinski definition) is 0. The van der Waals surface area contributed by atoms with E-state index < -0.39 is 0 Å². The van der Waals surface area contributed by atoms with E-state index in [9.17, 15) is 0 Å². The molecular weight excluding hydrogens is 577 g/mol. The zero-order chi connectivity index (χ0) is 31.2. The van der Waals surface area contributed by atoms with Crippen molar-refractivity contribution in [1.29, 1.82) is 0 Å². The van der Waals surface area contributed by atoms with Gasteiger partial charge in [-0.15, -0.1) is 0 Å². The predicted molar refractivity (Wildman–Crippen MR) is 196 cm³/mol. The lowest BCUT2D eigenvalue weighted by atomic mass is 9.68. The average molecular weight is 609 g/mol. The molecule has 12 rings (SSSR count). The Morgan fingerprint density at radius 1 is 0.312 bits per heavy atom. The first-order valence-corrected chi connectivity index (χ1v) is 17.6. The van der Waals surface area contributed by atoms with Crippen molar-refractivity contribution in [3.05, 3.63) is 202 Å². The standard InChI is InChI=1S/C48H32/c1-6-19-39-31(14-1)32-15-2-7-20-40(32)47(39)43-23-10-5-18-35(43)37-27-46-38(28-45(37)47)36-25-24-30(29-12-11-13-29)26-44(36)48(46)41-21-8-3-16-33(41)34-17-4-9-22-42(34)48/h1-10,14-29H,11-13H2. The maximum atomic E-state index is 2.63. The molecule has 0 heteroatoms. The van der Waals surface area contributed by atoms with E-state index in [0.29, 0.717) is 5.92 Å². The maximum absolute atomic E-state index is 2.63. The van der Waals surface area contributed by atoms with Crippen molar-refractivity contribution < 1.29 is 0 Å². The van der Waals surface area contributed by atoms with Gasteiger partial charge in [-0.25, -0.2) is 0 Å². The first-order valence-electron chi connectivity index (χ1n) is 17.6. The molecule has 0 N–H and O–H groups in total. The highest BCUT2D eigenvalue weighted by molar-refractivity contribution is 6.01. The van der Waals surface area contributed by atoms with Crippen LogP contribution in [0.15, 0.2) is 152 Å². The third-order valence-corrected chi connectivity index (χ3v) is 12.8. The second-order valence-electron chi connectivity index (χ2n) is 14.6. The summed E-state index contributed by atoms with van der Waals surface area (Å²) in [7, 11) is 0. The topological polar surface area (TPSA) is 0 Å². The van der Waals surface area contributed by atoms with E-state index in [4.69, 9.17) is 0 Å². The van der Waals surface area contributed by atoms with Crippen LogP contribution >= 0.6 is 0 Å². The van der Waals surface area contributed by atoms with E-state index in [1.807, 2.05) is 0 Å². The predicted octanol–water partition coefficient (Wildman–Crippen LogP) is 11.6. The van der Waals surface area contributed by atoms with Crippen molar-refractivity contribution in [2.75, 3.05) is 0 Å². The molecule has 1 saturated carbocycles. The molecule has 0 bridgehead atoms. The van der Waals surface area contributed by atoms with Crippen LogP contribution in [0.1, 0.15) is 75.3 Å². The Bertz CT molecular complexity index is 2470. The van der Waals surface area contributed by atoms with Gasteiger partial charge < -0.3 is 0 Å². The van der Waals surface area contributed by atoms with Crippen molar-refractivity contribution in [2.24, 2.45) is 0 Å². The Morgan fingerprint density at radius 3 is 1.04 bits per heavy atom. The van der Waals surface area contributed by atoms with Gasteiger partial charge in [0.05, 0.1) is 10.8 Å². The lowest BCUT2D eigenvalue weighted by molar-refractivity contribution is 0.419. The Labute approximate surface area is 281 Å². The van der Waals surface area contributed by atoms with Gasteiger partial charge in [-0.2, -0.15) is 0 Å². The molecule has 1 fully saturated rings. The van der Waals surface area contributed by atoms with Gasteiger partial charge >= 0.3 is 0 Å². The van der Waals surface area contributed by atoms with Crippen molar-refractivity contribution in [2.45, 2.75) is 36.0 Å². The first-order chi connectivity index (χ1) is 23.8. The zero-order valence-corrected chi connectivity index (χ0v) is 26.6. The summed E-state index contributed by atoms with van der Waals surface area (Å²) in [6, 6.07) is 58.8. The largest absolute Gasteiger partial charge is 0.0725 e. The van der Waals surface area contributed by atoms with E-state index in [1.54, 1.807) is 0 Å². The smallest absolute Gasteiger partial charge is 0.0619 e. The van der Waals surface area contributed by atoms with Crippen LogP contribution in [-0.4, -0.2) is 0 Å². The molecule has 2 spiro atoms. The van der Waals surface area contributed by atoms with Gasteiger partial charge in [0, 0.05) is 0 Å². The van der Waals surface area contributed by atoms with Gasteiger partial charge in [-0.05, 0) is 125 Å². The van der Waals surface area contributed by atoms with Crippen LogP contribution in [0.2, 0.25) is 0 Å². The number of fused-ring (bicyclic) bond motifs is 20. The molecule has 7 aromatic rings. The van der Waals surface area contributed by atoms with Gasteiger partial charge in [-0.1, -0.05) is 146 Å². The van der Waals surface area contributed by atoms with Crippen molar-refractivity contribution >= 4 is 0 Å².